The zero-order chi connectivity index (χ0) is 16.2. The van der Waals surface area contributed by atoms with Gasteiger partial charge in [0.15, 0.2) is 0 Å². The maximum Gasteiger partial charge on any atom is 0.254 e. The number of halogens is 2. The highest BCUT2D eigenvalue weighted by molar-refractivity contribution is 5.94. The van der Waals surface area contributed by atoms with E-state index in [1.54, 1.807) is 4.90 Å². The molecule has 0 aliphatic carbocycles. The van der Waals surface area contributed by atoms with Gasteiger partial charge in [0.25, 0.3) is 5.91 Å². The van der Waals surface area contributed by atoms with Crippen LogP contribution >= 0.6 is 0 Å². The molecule has 4 nitrogen and oxygen atoms in total. The zero-order valence-corrected chi connectivity index (χ0v) is 13.1. The summed E-state index contributed by atoms with van der Waals surface area (Å²) in [6, 6.07) is 2.99. The molecule has 6 heteroatoms. The molecule has 1 aromatic rings. The third-order valence-electron chi connectivity index (χ3n) is 4.63. The maximum atomic E-state index is 13.3. The van der Waals surface area contributed by atoms with Crippen molar-refractivity contribution in [3.05, 3.63) is 35.4 Å². The van der Waals surface area contributed by atoms with E-state index in [4.69, 9.17) is 4.74 Å². The fourth-order valence-corrected chi connectivity index (χ4v) is 3.33. The maximum absolute atomic E-state index is 13.3. The van der Waals surface area contributed by atoms with Crippen molar-refractivity contribution < 1.29 is 18.3 Å². The van der Waals surface area contributed by atoms with Crippen molar-refractivity contribution in [2.45, 2.75) is 12.8 Å². The predicted molar refractivity (Wildman–Crippen MR) is 82.2 cm³/mol. The molecule has 1 aromatic carbocycles. The fourth-order valence-electron chi connectivity index (χ4n) is 3.33. The molecule has 1 amide bonds. The average molecular weight is 324 g/mol. The van der Waals surface area contributed by atoms with Crippen LogP contribution in [0.1, 0.15) is 23.2 Å². The first-order chi connectivity index (χ1) is 11.1. The molecule has 0 atom stereocenters. The molecule has 2 aliphatic rings. The first kappa shape index (κ1) is 16.3. The van der Waals surface area contributed by atoms with E-state index in [0.29, 0.717) is 19.0 Å². The van der Waals surface area contributed by atoms with Crippen LogP contribution in [0.3, 0.4) is 0 Å². The Morgan fingerprint density at radius 2 is 1.65 bits per heavy atom. The molecule has 2 aliphatic heterocycles. The first-order valence-corrected chi connectivity index (χ1v) is 8.17. The Hall–Kier alpha value is -1.53. The number of carbonyl (C=O) groups excluding carboxylic acids is 1. The summed E-state index contributed by atoms with van der Waals surface area (Å²) in [5, 5.41) is 0. The predicted octanol–water partition coefficient (Wildman–Crippen LogP) is 2.15. The summed E-state index contributed by atoms with van der Waals surface area (Å²) >= 11 is 0. The molecule has 2 saturated heterocycles. The summed E-state index contributed by atoms with van der Waals surface area (Å²) in [5.74, 6) is -1.14. The van der Waals surface area contributed by atoms with Crippen molar-refractivity contribution in [1.29, 1.82) is 0 Å². The van der Waals surface area contributed by atoms with Crippen LogP contribution in [-0.4, -0.2) is 61.6 Å². The van der Waals surface area contributed by atoms with E-state index in [0.717, 1.165) is 63.9 Å². The van der Waals surface area contributed by atoms with Crippen LogP contribution < -0.4 is 0 Å². The van der Waals surface area contributed by atoms with E-state index in [9.17, 15) is 13.6 Å². The Balaban J connectivity index is 1.52. The number of piperidine rings is 1. The Labute approximate surface area is 135 Å². The van der Waals surface area contributed by atoms with Crippen LogP contribution in [0.5, 0.6) is 0 Å². The van der Waals surface area contributed by atoms with Crippen LogP contribution in [0.4, 0.5) is 8.78 Å². The van der Waals surface area contributed by atoms with Gasteiger partial charge in [-0.3, -0.25) is 9.69 Å². The number of ether oxygens (including phenoxy) is 1. The molecule has 2 fully saturated rings. The van der Waals surface area contributed by atoms with Gasteiger partial charge >= 0.3 is 0 Å². The van der Waals surface area contributed by atoms with Crippen molar-refractivity contribution >= 4 is 5.91 Å². The minimum absolute atomic E-state index is 0.0918. The topological polar surface area (TPSA) is 32.8 Å². The number of nitrogens with zero attached hydrogens (tertiary/aromatic N) is 2. The fraction of sp³-hybridized carbons (Fsp3) is 0.588. The Morgan fingerprint density at radius 1 is 1.04 bits per heavy atom. The Bertz CT molecular complexity index is 533. The highest BCUT2D eigenvalue weighted by Gasteiger charge is 2.26. The summed E-state index contributed by atoms with van der Waals surface area (Å²) < 4.78 is 31.9. The summed E-state index contributed by atoms with van der Waals surface area (Å²) in [7, 11) is 0. The van der Waals surface area contributed by atoms with Crippen LogP contribution in [0.15, 0.2) is 18.2 Å². The van der Waals surface area contributed by atoms with Crippen LogP contribution in [0.25, 0.3) is 0 Å². The minimum atomic E-state index is -0.712. The first-order valence-electron chi connectivity index (χ1n) is 8.17. The number of carbonyl (C=O) groups is 1. The number of benzene rings is 1. The van der Waals surface area contributed by atoms with Gasteiger partial charge in [-0.25, -0.2) is 8.78 Å². The van der Waals surface area contributed by atoms with Gasteiger partial charge in [0, 0.05) is 44.4 Å². The summed E-state index contributed by atoms with van der Waals surface area (Å²) in [6.45, 7) is 5.87. The van der Waals surface area contributed by atoms with Gasteiger partial charge in [0.05, 0.1) is 13.2 Å². The molecule has 0 radical (unpaired) electrons. The Morgan fingerprint density at radius 3 is 2.26 bits per heavy atom. The SMILES string of the molecule is O=C(c1cc(F)cc(F)c1)N1CCC(CN2CCOCC2)CC1. The second-order valence-corrected chi connectivity index (χ2v) is 6.31. The second-order valence-electron chi connectivity index (χ2n) is 6.31. The Kier molecular flexibility index (Phi) is 5.23. The minimum Gasteiger partial charge on any atom is -0.379 e. The number of hydrogen-bond acceptors (Lipinski definition) is 3. The lowest BCUT2D eigenvalue weighted by molar-refractivity contribution is 0.0242. The average Bonchev–Trinajstić information content (AvgIpc) is 2.55. The van der Waals surface area contributed by atoms with Gasteiger partial charge in [-0.2, -0.15) is 0 Å². The largest absolute Gasteiger partial charge is 0.379 e. The van der Waals surface area contributed by atoms with E-state index in [1.165, 1.54) is 0 Å². The molecule has 0 saturated carbocycles. The highest BCUT2D eigenvalue weighted by Crippen LogP contribution is 2.21. The number of rotatable bonds is 3. The van der Waals surface area contributed by atoms with E-state index in [-0.39, 0.29) is 11.5 Å². The van der Waals surface area contributed by atoms with Crippen molar-refractivity contribution in [3.63, 3.8) is 0 Å². The molecular formula is C17H22F2N2O2. The molecule has 0 unspecified atom stereocenters. The summed E-state index contributed by atoms with van der Waals surface area (Å²) in [4.78, 5) is 16.5. The van der Waals surface area contributed by atoms with E-state index in [2.05, 4.69) is 4.90 Å². The van der Waals surface area contributed by atoms with Crippen molar-refractivity contribution in [3.8, 4) is 0 Å². The van der Waals surface area contributed by atoms with Crippen molar-refractivity contribution in [2.24, 2.45) is 5.92 Å². The molecule has 0 N–H and O–H groups in total. The normalized spacial score (nSPS) is 20.7. The quantitative estimate of drug-likeness (QED) is 0.854. The molecule has 0 bridgehead atoms. The van der Waals surface area contributed by atoms with Gasteiger partial charge in [0.1, 0.15) is 11.6 Å². The van der Waals surface area contributed by atoms with Crippen LogP contribution in [0.2, 0.25) is 0 Å². The molecular weight excluding hydrogens is 302 g/mol. The molecule has 0 spiro atoms. The van der Waals surface area contributed by atoms with Gasteiger partial charge in [-0.1, -0.05) is 0 Å². The number of likely N-dealkylation sites (tertiary alicyclic amines) is 1. The standard InChI is InChI=1S/C17H22F2N2O2/c18-15-9-14(10-16(19)11-15)17(22)21-3-1-13(2-4-21)12-20-5-7-23-8-6-20/h9-11,13H,1-8,12H2. The molecule has 3 rings (SSSR count). The van der Waals surface area contributed by atoms with Crippen molar-refractivity contribution in [1.82, 2.24) is 9.80 Å². The smallest absolute Gasteiger partial charge is 0.254 e. The van der Waals surface area contributed by atoms with Gasteiger partial charge < -0.3 is 9.64 Å². The molecule has 0 aromatic heterocycles. The second kappa shape index (κ2) is 7.36. The molecule has 126 valence electrons. The summed E-state index contributed by atoms with van der Waals surface area (Å²) in [6.07, 6.45) is 1.86. The third kappa shape index (κ3) is 4.26. The van der Waals surface area contributed by atoms with Gasteiger partial charge in [0.2, 0.25) is 0 Å². The number of hydrogen-bond donors (Lipinski definition) is 0. The van der Waals surface area contributed by atoms with Crippen LogP contribution in [-0.2, 0) is 4.74 Å². The lowest BCUT2D eigenvalue weighted by Crippen LogP contribution is -2.44. The highest BCUT2D eigenvalue weighted by atomic mass is 19.1. The number of morpholine rings is 1. The lowest BCUT2D eigenvalue weighted by atomic mass is 9.95. The zero-order valence-electron chi connectivity index (χ0n) is 13.1. The van der Waals surface area contributed by atoms with E-state index in [1.807, 2.05) is 0 Å². The molecule has 23 heavy (non-hydrogen) atoms. The van der Waals surface area contributed by atoms with Crippen LogP contribution in [0, 0.1) is 17.6 Å². The van der Waals surface area contributed by atoms with Gasteiger partial charge in [-0.15, -0.1) is 0 Å². The number of amides is 1. The third-order valence-corrected chi connectivity index (χ3v) is 4.63. The molecule has 2 heterocycles. The monoisotopic (exact) mass is 324 g/mol. The lowest BCUT2D eigenvalue weighted by Gasteiger charge is -2.36. The summed E-state index contributed by atoms with van der Waals surface area (Å²) in [5.41, 5.74) is 0.0918. The van der Waals surface area contributed by atoms with E-state index < -0.39 is 11.6 Å². The van der Waals surface area contributed by atoms with E-state index >= 15 is 0 Å². The van der Waals surface area contributed by atoms with Gasteiger partial charge in [-0.05, 0) is 30.9 Å². The van der Waals surface area contributed by atoms with Crippen molar-refractivity contribution in [2.75, 3.05) is 45.9 Å².